The van der Waals surface area contributed by atoms with Crippen LogP contribution >= 0.6 is 34.0 Å². The van der Waals surface area contributed by atoms with Gasteiger partial charge in [-0.3, -0.25) is 10.1 Å². The molecule has 0 aliphatic rings. The Kier molecular flexibility index (Phi) is 5.61. The van der Waals surface area contributed by atoms with Crippen LogP contribution < -0.4 is 14.8 Å². The zero-order chi connectivity index (χ0) is 20.4. The van der Waals surface area contributed by atoms with Gasteiger partial charge in [-0.25, -0.2) is 9.97 Å². The van der Waals surface area contributed by atoms with Crippen LogP contribution in [-0.4, -0.2) is 30.1 Å². The molecule has 3 heterocycles. The molecule has 6 nitrogen and oxygen atoms in total. The largest absolute Gasteiger partial charge is 0.493 e. The van der Waals surface area contributed by atoms with Gasteiger partial charge in [0.2, 0.25) is 0 Å². The number of carbonyl (C=O) groups is 1. The molecule has 0 bridgehead atoms. The van der Waals surface area contributed by atoms with Crippen molar-refractivity contribution in [1.29, 1.82) is 0 Å². The molecule has 3 aromatic heterocycles. The summed E-state index contributed by atoms with van der Waals surface area (Å²) in [4.78, 5) is 22.4. The van der Waals surface area contributed by atoms with Crippen molar-refractivity contribution in [3.8, 4) is 33.3 Å². The Balaban J connectivity index is 1.53. The molecule has 0 radical (unpaired) electrons. The van der Waals surface area contributed by atoms with Gasteiger partial charge in [0.25, 0.3) is 5.91 Å². The lowest BCUT2D eigenvalue weighted by molar-refractivity contribution is 0.103. The lowest BCUT2D eigenvalue weighted by Gasteiger charge is -2.08. The van der Waals surface area contributed by atoms with Gasteiger partial charge in [-0.2, -0.15) is 11.3 Å². The third-order valence-electron chi connectivity index (χ3n) is 4.17. The average molecular weight is 444 g/mol. The van der Waals surface area contributed by atoms with Crippen LogP contribution in [0.3, 0.4) is 0 Å². The van der Waals surface area contributed by atoms with Crippen LogP contribution in [-0.2, 0) is 0 Å². The summed E-state index contributed by atoms with van der Waals surface area (Å²) in [6, 6.07) is 7.60. The van der Waals surface area contributed by atoms with Crippen molar-refractivity contribution in [3.05, 3.63) is 51.0 Å². The first-order valence-corrected chi connectivity index (χ1v) is 11.2. The number of thiazole rings is 2. The minimum atomic E-state index is -0.199. The molecule has 0 aliphatic carbocycles. The molecule has 1 aromatic carbocycles. The van der Waals surface area contributed by atoms with Gasteiger partial charge >= 0.3 is 0 Å². The second-order valence-corrected chi connectivity index (χ2v) is 8.64. The van der Waals surface area contributed by atoms with Crippen molar-refractivity contribution in [2.45, 2.75) is 6.92 Å². The number of aromatic nitrogens is 2. The maximum atomic E-state index is 12.7. The number of ether oxygens (including phenoxy) is 2. The van der Waals surface area contributed by atoms with Gasteiger partial charge in [-0.1, -0.05) is 0 Å². The molecule has 0 atom stereocenters. The molecule has 1 amide bonds. The van der Waals surface area contributed by atoms with Crippen molar-refractivity contribution < 1.29 is 14.3 Å². The highest BCUT2D eigenvalue weighted by molar-refractivity contribution is 7.18. The van der Waals surface area contributed by atoms with Gasteiger partial charge in [-0.05, 0) is 36.6 Å². The summed E-state index contributed by atoms with van der Waals surface area (Å²) >= 11 is 4.37. The van der Waals surface area contributed by atoms with Crippen LogP contribution in [0.25, 0.3) is 21.8 Å². The minimum Gasteiger partial charge on any atom is -0.493 e. The van der Waals surface area contributed by atoms with E-state index < -0.39 is 0 Å². The van der Waals surface area contributed by atoms with Crippen LogP contribution in [0.2, 0.25) is 0 Å². The molecule has 0 spiro atoms. The lowest BCUT2D eigenvalue weighted by atomic mass is 10.1. The number of nitrogens with zero attached hydrogens (tertiary/aromatic N) is 2. The summed E-state index contributed by atoms with van der Waals surface area (Å²) < 4.78 is 10.6. The maximum Gasteiger partial charge on any atom is 0.269 e. The van der Waals surface area contributed by atoms with Crippen molar-refractivity contribution in [2.24, 2.45) is 0 Å². The predicted octanol–water partition coefficient (Wildman–Crippen LogP) is 5.57. The summed E-state index contributed by atoms with van der Waals surface area (Å²) in [5, 5.41) is 10.2. The number of methoxy groups -OCH3 is 2. The highest BCUT2D eigenvalue weighted by atomic mass is 32.1. The first-order valence-electron chi connectivity index (χ1n) is 8.58. The molecule has 9 heteroatoms. The van der Waals surface area contributed by atoms with E-state index in [1.54, 1.807) is 25.6 Å². The Hall–Kier alpha value is -2.75. The molecule has 148 valence electrons. The van der Waals surface area contributed by atoms with Gasteiger partial charge in [0, 0.05) is 21.9 Å². The molecule has 0 fully saturated rings. The summed E-state index contributed by atoms with van der Waals surface area (Å²) in [6.07, 6.45) is 0. The quantitative estimate of drug-likeness (QED) is 0.421. The van der Waals surface area contributed by atoms with Crippen LogP contribution in [0.5, 0.6) is 11.5 Å². The predicted molar refractivity (Wildman–Crippen MR) is 119 cm³/mol. The number of benzene rings is 1. The first-order chi connectivity index (χ1) is 14.1. The van der Waals surface area contributed by atoms with E-state index in [1.807, 2.05) is 47.3 Å². The van der Waals surface area contributed by atoms with Gasteiger partial charge in [-0.15, -0.1) is 22.7 Å². The topological polar surface area (TPSA) is 73.3 Å². The van der Waals surface area contributed by atoms with E-state index in [9.17, 15) is 4.79 Å². The number of rotatable bonds is 6. The van der Waals surface area contributed by atoms with E-state index in [2.05, 4.69) is 15.3 Å². The van der Waals surface area contributed by atoms with Crippen molar-refractivity contribution in [2.75, 3.05) is 19.5 Å². The Bertz CT molecular complexity index is 1150. The number of hydrogen-bond acceptors (Lipinski definition) is 8. The Morgan fingerprint density at radius 2 is 1.86 bits per heavy atom. The van der Waals surface area contributed by atoms with Gasteiger partial charge in [0.05, 0.1) is 25.6 Å². The SMILES string of the molecule is COc1ccc(-c2csc(NC(=O)c3sc(-c4ccsc4)nc3C)n2)cc1OC. The fourth-order valence-corrected chi connectivity index (χ4v) is 5.12. The molecule has 1 N–H and O–H groups in total. The average Bonchev–Trinajstić information content (AvgIpc) is 3.48. The number of anilines is 1. The summed E-state index contributed by atoms with van der Waals surface area (Å²) in [5.41, 5.74) is 3.39. The van der Waals surface area contributed by atoms with Crippen LogP contribution in [0.15, 0.2) is 40.4 Å². The van der Waals surface area contributed by atoms with E-state index in [0.29, 0.717) is 27.2 Å². The second kappa shape index (κ2) is 8.32. The van der Waals surface area contributed by atoms with E-state index in [-0.39, 0.29) is 5.91 Å². The van der Waals surface area contributed by atoms with E-state index in [0.717, 1.165) is 21.8 Å². The second-order valence-electron chi connectivity index (χ2n) is 6.01. The van der Waals surface area contributed by atoms with Gasteiger partial charge in [0.1, 0.15) is 9.88 Å². The third kappa shape index (κ3) is 4.02. The molecular formula is C20H17N3O3S3. The molecular weight excluding hydrogens is 426 g/mol. The van der Waals surface area contributed by atoms with E-state index in [1.165, 1.54) is 22.7 Å². The number of thiophene rings is 1. The molecule has 0 unspecified atom stereocenters. The zero-order valence-electron chi connectivity index (χ0n) is 15.9. The number of carbonyl (C=O) groups excluding carboxylic acids is 1. The standard InChI is InChI=1S/C20H17N3O3S3/c1-11-17(29-19(21-11)13-6-7-27-9-13)18(24)23-20-22-14(10-28-20)12-4-5-15(25-2)16(8-12)26-3/h4-10H,1-3H3,(H,22,23,24). The summed E-state index contributed by atoms with van der Waals surface area (Å²) in [5.74, 6) is 1.08. The van der Waals surface area contributed by atoms with Crippen LogP contribution in [0.1, 0.15) is 15.4 Å². The highest BCUT2D eigenvalue weighted by Gasteiger charge is 2.18. The molecule has 4 aromatic rings. The third-order valence-corrected chi connectivity index (χ3v) is 6.82. The van der Waals surface area contributed by atoms with Gasteiger partial charge in [0.15, 0.2) is 16.6 Å². The molecule has 0 saturated heterocycles. The van der Waals surface area contributed by atoms with Crippen molar-refractivity contribution in [3.63, 3.8) is 0 Å². The Morgan fingerprint density at radius 3 is 2.59 bits per heavy atom. The summed E-state index contributed by atoms with van der Waals surface area (Å²) in [7, 11) is 3.19. The monoisotopic (exact) mass is 443 g/mol. The lowest BCUT2D eigenvalue weighted by Crippen LogP contribution is -2.11. The highest BCUT2D eigenvalue weighted by Crippen LogP contribution is 2.34. The molecule has 0 aliphatic heterocycles. The smallest absolute Gasteiger partial charge is 0.269 e. The van der Waals surface area contributed by atoms with Crippen molar-refractivity contribution >= 4 is 45.0 Å². The maximum absolute atomic E-state index is 12.7. The van der Waals surface area contributed by atoms with E-state index >= 15 is 0 Å². The fraction of sp³-hybridized carbons (Fsp3) is 0.150. The number of nitrogens with one attached hydrogen (secondary N) is 1. The number of hydrogen-bond donors (Lipinski definition) is 1. The molecule has 29 heavy (non-hydrogen) atoms. The van der Waals surface area contributed by atoms with Crippen LogP contribution in [0.4, 0.5) is 5.13 Å². The normalized spacial score (nSPS) is 10.7. The molecule has 0 saturated carbocycles. The van der Waals surface area contributed by atoms with Crippen molar-refractivity contribution in [1.82, 2.24) is 9.97 Å². The Labute approximate surface area is 179 Å². The van der Waals surface area contributed by atoms with E-state index in [4.69, 9.17) is 9.47 Å². The fourth-order valence-electron chi connectivity index (χ4n) is 2.73. The summed E-state index contributed by atoms with van der Waals surface area (Å²) in [6.45, 7) is 1.85. The minimum absolute atomic E-state index is 0.199. The number of amides is 1. The first kappa shape index (κ1) is 19.6. The number of aryl methyl sites for hydroxylation is 1. The van der Waals surface area contributed by atoms with Gasteiger partial charge < -0.3 is 9.47 Å². The van der Waals surface area contributed by atoms with Crippen LogP contribution in [0, 0.1) is 6.92 Å². The Morgan fingerprint density at radius 1 is 1.03 bits per heavy atom. The zero-order valence-corrected chi connectivity index (χ0v) is 18.3. The molecule has 4 rings (SSSR count).